The van der Waals surface area contributed by atoms with Crippen LogP contribution in [0.3, 0.4) is 0 Å². The molecule has 0 saturated carbocycles. The molecule has 2 unspecified atom stereocenters. The first-order chi connectivity index (χ1) is 9.38. The summed E-state index contributed by atoms with van der Waals surface area (Å²) in [5.74, 6) is 1.39. The van der Waals surface area contributed by atoms with Crippen molar-refractivity contribution < 1.29 is 18.3 Å². The van der Waals surface area contributed by atoms with E-state index in [2.05, 4.69) is 17.2 Å². The van der Waals surface area contributed by atoms with E-state index < -0.39 is 18.8 Å². The lowest BCUT2D eigenvalue weighted by Gasteiger charge is -2.34. The van der Waals surface area contributed by atoms with Gasteiger partial charge in [-0.05, 0) is 13.3 Å². The maximum absolute atomic E-state index is 12.3. The third-order valence-electron chi connectivity index (χ3n) is 3.02. The normalized spacial score (nSPS) is 21.7. The van der Waals surface area contributed by atoms with Crippen molar-refractivity contribution in [3.05, 3.63) is 0 Å². The van der Waals surface area contributed by atoms with Gasteiger partial charge in [-0.15, -0.1) is 24.0 Å². The second kappa shape index (κ2) is 9.98. The summed E-state index contributed by atoms with van der Waals surface area (Å²) in [6, 6.07) is 0. The average molecular weight is 441 g/mol. The Morgan fingerprint density at radius 2 is 2.14 bits per heavy atom. The molecule has 1 saturated heterocycles. The molecule has 9 heteroatoms. The monoisotopic (exact) mass is 441 g/mol. The van der Waals surface area contributed by atoms with Crippen molar-refractivity contribution in [3.63, 3.8) is 0 Å². The van der Waals surface area contributed by atoms with Crippen molar-refractivity contribution in [3.8, 4) is 0 Å². The lowest BCUT2D eigenvalue weighted by Crippen LogP contribution is -2.48. The number of alkyl halides is 3. The lowest BCUT2D eigenvalue weighted by molar-refractivity contribution is -0.199. The number of nitrogens with one attached hydrogen (secondary N) is 1. The van der Waals surface area contributed by atoms with Gasteiger partial charge in [-0.2, -0.15) is 24.9 Å². The zero-order valence-corrected chi connectivity index (χ0v) is 15.3. The Hall–Kier alpha value is 0.1000. The summed E-state index contributed by atoms with van der Waals surface area (Å²) >= 11 is 1.88. The standard InChI is InChI=1S/C12H22F3N3OS.HI/c1-3-9-8-18(5-6-20-9)11(16-4-2)17-7-10(19)12(13,14)15;/h9-10,19H,3-8H2,1-2H3,(H,16,17);1H. The fourth-order valence-corrected chi connectivity index (χ4v) is 3.04. The summed E-state index contributed by atoms with van der Waals surface area (Å²) in [5, 5.41) is 12.5. The molecule has 0 aromatic rings. The van der Waals surface area contributed by atoms with Crippen molar-refractivity contribution >= 4 is 41.7 Å². The first-order valence-corrected chi connectivity index (χ1v) is 7.83. The van der Waals surface area contributed by atoms with Crippen LogP contribution in [0.15, 0.2) is 4.99 Å². The smallest absolute Gasteiger partial charge is 0.382 e. The Morgan fingerprint density at radius 1 is 1.48 bits per heavy atom. The van der Waals surface area contributed by atoms with E-state index in [1.807, 2.05) is 23.6 Å². The maximum Gasteiger partial charge on any atom is 0.416 e. The van der Waals surface area contributed by atoms with E-state index >= 15 is 0 Å². The molecule has 1 aliphatic heterocycles. The summed E-state index contributed by atoms with van der Waals surface area (Å²) in [7, 11) is 0. The highest BCUT2D eigenvalue weighted by molar-refractivity contribution is 14.0. The zero-order valence-electron chi connectivity index (χ0n) is 12.2. The van der Waals surface area contributed by atoms with Crippen molar-refractivity contribution in [1.29, 1.82) is 0 Å². The molecular formula is C12H23F3IN3OS. The second-order valence-corrected chi connectivity index (χ2v) is 6.01. The molecule has 1 rings (SSSR count). The third-order valence-corrected chi connectivity index (χ3v) is 4.39. The summed E-state index contributed by atoms with van der Waals surface area (Å²) in [6.45, 7) is 5.42. The molecule has 4 nitrogen and oxygen atoms in total. The Balaban J connectivity index is 0.00000400. The van der Waals surface area contributed by atoms with E-state index in [0.717, 1.165) is 25.3 Å². The molecule has 1 heterocycles. The molecule has 0 aromatic carbocycles. The molecule has 0 aromatic heterocycles. The highest BCUT2D eigenvalue weighted by atomic mass is 127. The molecular weight excluding hydrogens is 418 g/mol. The van der Waals surface area contributed by atoms with Crippen LogP contribution in [0.25, 0.3) is 0 Å². The molecule has 0 amide bonds. The molecule has 0 bridgehead atoms. The number of aliphatic hydroxyl groups is 1. The third kappa shape index (κ3) is 7.27. The van der Waals surface area contributed by atoms with Gasteiger partial charge in [0, 0.05) is 30.6 Å². The minimum atomic E-state index is -4.62. The molecule has 0 spiro atoms. The summed E-state index contributed by atoms with van der Waals surface area (Å²) in [6.07, 6.45) is -6.01. The summed E-state index contributed by atoms with van der Waals surface area (Å²) in [4.78, 5) is 5.89. The van der Waals surface area contributed by atoms with E-state index in [1.54, 1.807) is 0 Å². The number of hydrogen-bond donors (Lipinski definition) is 2. The predicted molar refractivity (Wildman–Crippen MR) is 91.6 cm³/mol. The number of hydrogen-bond acceptors (Lipinski definition) is 3. The van der Waals surface area contributed by atoms with Crippen LogP contribution in [0.4, 0.5) is 13.2 Å². The van der Waals surface area contributed by atoms with Crippen LogP contribution in [-0.4, -0.2) is 65.4 Å². The van der Waals surface area contributed by atoms with Crippen molar-refractivity contribution in [2.45, 2.75) is 37.8 Å². The number of halogens is 4. The number of rotatable bonds is 4. The van der Waals surface area contributed by atoms with Crippen LogP contribution in [0.2, 0.25) is 0 Å². The van der Waals surface area contributed by atoms with Gasteiger partial charge in [0.2, 0.25) is 0 Å². The molecule has 1 aliphatic rings. The van der Waals surface area contributed by atoms with Crippen molar-refractivity contribution in [2.24, 2.45) is 4.99 Å². The van der Waals surface area contributed by atoms with Crippen LogP contribution in [0.1, 0.15) is 20.3 Å². The zero-order chi connectivity index (χ0) is 15.2. The Kier molecular flexibility index (Phi) is 10.0. The van der Waals surface area contributed by atoms with Crippen LogP contribution in [0, 0.1) is 0 Å². The van der Waals surface area contributed by atoms with Crippen LogP contribution >= 0.6 is 35.7 Å². The predicted octanol–water partition coefficient (Wildman–Crippen LogP) is 2.32. The highest BCUT2D eigenvalue weighted by Gasteiger charge is 2.38. The molecule has 2 N–H and O–H groups in total. The first-order valence-electron chi connectivity index (χ1n) is 6.78. The topological polar surface area (TPSA) is 47.9 Å². The van der Waals surface area contributed by atoms with E-state index in [4.69, 9.17) is 5.11 Å². The summed E-state index contributed by atoms with van der Waals surface area (Å²) < 4.78 is 36.9. The van der Waals surface area contributed by atoms with Crippen molar-refractivity contribution in [2.75, 3.05) is 31.9 Å². The molecule has 126 valence electrons. The molecule has 0 aliphatic carbocycles. The largest absolute Gasteiger partial charge is 0.416 e. The SMILES string of the molecule is CCNC(=NCC(O)C(F)(F)F)N1CCSC(CC)C1.I. The lowest BCUT2D eigenvalue weighted by atomic mass is 10.3. The van der Waals surface area contributed by atoms with Gasteiger partial charge < -0.3 is 15.3 Å². The number of aliphatic imine (C=N–C) groups is 1. The number of aliphatic hydroxyl groups excluding tert-OH is 1. The number of nitrogens with zero attached hydrogens (tertiary/aromatic N) is 2. The van der Waals surface area contributed by atoms with Gasteiger partial charge in [0.1, 0.15) is 0 Å². The summed E-state index contributed by atoms with van der Waals surface area (Å²) in [5.41, 5.74) is 0. The van der Waals surface area contributed by atoms with Crippen LogP contribution in [-0.2, 0) is 0 Å². The van der Waals surface area contributed by atoms with E-state index in [-0.39, 0.29) is 24.0 Å². The first kappa shape index (κ1) is 21.1. The molecule has 21 heavy (non-hydrogen) atoms. The Bertz CT molecular complexity index is 331. The Labute approximate surface area is 145 Å². The second-order valence-electron chi connectivity index (χ2n) is 4.60. The Morgan fingerprint density at radius 3 is 2.67 bits per heavy atom. The van der Waals surface area contributed by atoms with Gasteiger partial charge in [0.15, 0.2) is 12.1 Å². The molecule has 0 radical (unpaired) electrons. The maximum atomic E-state index is 12.3. The fraction of sp³-hybridized carbons (Fsp3) is 0.917. The number of guanidine groups is 1. The fourth-order valence-electron chi connectivity index (χ4n) is 1.86. The average Bonchev–Trinajstić information content (AvgIpc) is 2.42. The van der Waals surface area contributed by atoms with Gasteiger partial charge in [-0.3, -0.25) is 4.99 Å². The molecule has 1 fully saturated rings. The van der Waals surface area contributed by atoms with E-state index in [0.29, 0.717) is 17.8 Å². The quantitative estimate of drug-likeness (QED) is 0.400. The van der Waals surface area contributed by atoms with Gasteiger partial charge >= 0.3 is 6.18 Å². The molecule has 2 atom stereocenters. The minimum absolute atomic E-state index is 0. The van der Waals surface area contributed by atoms with E-state index in [9.17, 15) is 13.2 Å². The van der Waals surface area contributed by atoms with E-state index in [1.165, 1.54) is 0 Å². The number of thioether (sulfide) groups is 1. The van der Waals surface area contributed by atoms with Gasteiger partial charge in [0.25, 0.3) is 0 Å². The van der Waals surface area contributed by atoms with Gasteiger partial charge in [-0.25, -0.2) is 0 Å². The van der Waals surface area contributed by atoms with Crippen molar-refractivity contribution in [1.82, 2.24) is 10.2 Å². The minimum Gasteiger partial charge on any atom is -0.382 e. The van der Waals surface area contributed by atoms with Gasteiger partial charge in [-0.1, -0.05) is 6.92 Å². The highest BCUT2D eigenvalue weighted by Crippen LogP contribution is 2.22. The van der Waals surface area contributed by atoms with Crippen LogP contribution in [0.5, 0.6) is 0 Å². The van der Waals surface area contributed by atoms with Gasteiger partial charge in [0.05, 0.1) is 6.54 Å². The van der Waals surface area contributed by atoms with Crippen LogP contribution < -0.4 is 5.32 Å².